The van der Waals surface area contributed by atoms with Crippen LogP contribution in [0, 0.1) is 5.41 Å². The third kappa shape index (κ3) is 2.72. The van der Waals surface area contributed by atoms with E-state index in [-0.39, 0.29) is 21.7 Å². The van der Waals surface area contributed by atoms with Gasteiger partial charge in [0.2, 0.25) is 5.13 Å². The molecule has 9 heteroatoms. The first-order valence-electron chi connectivity index (χ1n) is 5.38. The fraction of sp³-hybridized carbons (Fsp3) is 0.182. The number of anilines is 1. The number of hydrogen-bond acceptors (Lipinski definition) is 4. The first-order valence-corrected chi connectivity index (χ1v) is 6.20. The van der Waals surface area contributed by atoms with Crippen molar-refractivity contribution in [1.29, 1.82) is 5.41 Å². The summed E-state index contributed by atoms with van der Waals surface area (Å²) in [5.41, 5.74) is 4.47. The molecule has 1 aromatic carbocycles. The van der Waals surface area contributed by atoms with Crippen LogP contribution in [0.3, 0.4) is 0 Å². The van der Waals surface area contributed by atoms with E-state index >= 15 is 0 Å². The molecule has 0 saturated heterocycles. The van der Waals surface area contributed by atoms with Gasteiger partial charge in [0.05, 0.1) is 5.56 Å². The highest BCUT2D eigenvalue weighted by Crippen LogP contribution is 2.38. The van der Waals surface area contributed by atoms with Crippen LogP contribution in [0.15, 0.2) is 24.3 Å². The van der Waals surface area contributed by atoms with Gasteiger partial charge >= 0.3 is 6.18 Å². The smallest absolute Gasteiger partial charge is 0.370 e. The number of rotatable bonds is 2. The van der Waals surface area contributed by atoms with E-state index in [2.05, 4.69) is 10.2 Å². The lowest BCUT2D eigenvalue weighted by atomic mass is 10.1. The maximum atomic E-state index is 12.9. The molecule has 0 radical (unpaired) electrons. The largest absolute Gasteiger partial charge is 0.417 e. The summed E-state index contributed by atoms with van der Waals surface area (Å²) in [5.74, 6) is -0.267. The van der Waals surface area contributed by atoms with Gasteiger partial charge in [-0.1, -0.05) is 29.5 Å². The van der Waals surface area contributed by atoms with E-state index in [4.69, 9.17) is 11.1 Å². The molecule has 0 fully saturated rings. The Morgan fingerprint density at radius 2 is 1.95 bits per heavy atom. The maximum Gasteiger partial charge on any atom is 0.417 e. The van der Waals surface area contributed by atoms with Gasteiger partial charge in [0.1, 0.15) is 5.01 Å². The van der Waals surface area contributed by atoms with Gasteiger partial charge in [0.15, 0.2) is 5.96 Å². The monoisotopic (exact) mass is 301 g/mol. The van der Waals surface area contributed by atoms with Crippen molar-refractivity contribution in [1.82, 2.24) is 10.2 Å². The van der Waals surface area contributed by atoms with E-state index in [0.29, 0.717) is 0 Å². The number of nitrogens with two attached hydrogens (primary N) is 1. The van der Waals surface area contributed by atoms with Crippen LogP contribution in [0.5, 0.6) is 0 Å². The molecule has 2 aromatic rings. The van der Waals surface area contributed by atoms with E-state index in [1.165, 1.54) is 30.1 Å². The lowest BCUT2D eigenvalue weighted by Gasteiger charge is -2.11. The van der Waals surface area contributed by atoms with Crippen LogP contribution in [0.1, 0.15) is 5.56 Å². The highest BCUT2D eigenvalue weighted by Gasteiger charge is 2.34. The van der Waals surface area contributed by atoms with Crippen molar-refractivity contribution in [3.05, 3.63) is 29.8 Å². The van der Waals surface area contributed by atoms with Crippen molar-refractivity contribution in [2.45, 2.75) is 6.18 Å². The van der Waals surface area contributed by atoms with Gasteiger partial charge in [-0.05, 0) is 6.07 Å². The van der Waals surface area contributed by atoms with Gasteiger partial charge in [-0.2, -0.15) is 13.2 Å². The zero-order valence-electron chi connectivity index (χ0n) is 10.3. The molecule has 20 heavy (non-hydrogen) atoms. The minimum absolute atomic E-state index is 0.0410. The summed E-state index contributed by atoms with van der Waals surface area (Å²) in [5, 5.41) is 15.1. The van der Waals surface area contributed by atoms with Crippen LogP contribution < -0.4 is 10.6 Å². The van der Waals surface area contributed by atoms with Crippen LogP contribution in [0.2, 0.25) is 0 Å². The van der Waals surface area contributed by atoms with Gasteiger partial charge in [-0.3, -0.25) is 10.3 Å². The van der Waals surface area contributed by atoms with Crippen LogP contribution in [-0.4, -0.2) is 23.2 Å². The first-order chi connectivity index (χ1) is 9.30. The average molecular weight is 301 g/mol. The second-order valence-electron chi connectivity index (χ2n) is 3.88. The van der Waals surface area contributed by atoms with E-state index < -0.39 is 11.7 Å². The molecule has 0 spiro atoms. The Hall–Kier alpha value is -2.16. The molecule has 0 aliphatic heterocycles. The second kappa shape index (κ2) is 5.08. The third-order valence-electron chi connectivity index (χ3n) is 2.53. The molecule has 0 aliphatic rings. The third-order valence-corrected chi connectivity index (χ3v) is 3.56. The predicted molar refractivity (Wildman–Crippen MR) is 70.7 cm³/mol. The topological polar surface area (TPSA) is 78.9 Å². The number of alkyl halides is 3. The Kier molecular flexibility index (Phi) is 3.62. The van der Waals surface area contributed by atoms with Crippen molar-refractivity contribution < 1.29 is 13.2 Å². The Morgan fingerprint density at radius 1 is 1.30 bits per heavy atom. The molecule has 5 nitrogen and oxygen atoms in total. The fourth-order valence-electron chi connectivity index (χ4n) is 1.48. The van der Waals surface area contributed by atoms with Gasteiger partial charge in [0, 0.05) is 12.6 Å². The van der Waals surface area contributed by atoms with Crippen molar-refractivity contribution >= 4 is 22.4 Å². The quantitative estimate of drug-likeness (QED) is 0.660. The van der Waals surface area contributed by atoms with Crippen LogP contribution in [0.4, 0.5) is 18.3 Å². The molecule has 0 unspecified atom stereocenters. The molecule has 0 amide bonds. The van der Waals surface area contributed by atoms with E-state index in [9.17, 15) is 13.2 Å². The molecular formula is C11H10F3N5S. The number of aromatic nitrogens is 2. The summed E-state index contributed by atoms with van der Waals surface area (Å²) in [6, 6.07) is 5.14. The molecule has 0 aliphatic carbocycles. The zero-order chi connectivity index (χ0) is 14.9. The number of guanidine groups is 1. The molecule has 0 atom stereocenters. The summed E-state index contributed by atoms with van der Waals surface area (Å²) in [6.45, 7) is 0. The number of nitrogens with one attached hydrogen (secondary N) is 1. The normalized spacial score (nSPS) is 11.4. The van der Waals surface area contributed by atoms with Crippen molar-refractivity contribution in [3.63, 3.8) is 0 Å². The number of halogens is 3. The van der Waals surface area contributed by atoms with Crippen molar-refractivity contribution in [3.8, 4) is 10.6 Å². The summed E-state index contributed by atoms with van der Waals surface area (Å²) < 4.78 is 38.8. The lowest BCUT2D eigenvalue weighted by molar-refractivity contribution is -0.137. The Morgan fingerprint density at radius 3 is 2.55 bits per heavy atom. The standard InChI is InChI=1S/C11H10F3N5S/c1-19(9(15)16)10-18-17-8(20-10)6-4-2-3-5-7(6)11(12,13)14/h2-5H,1H3,(H3,15,16). The Bertz CT molecular complexity index is 637. The van der Waals surface area contributed by atoms with E-state index in [1.807, 2.05) is 0 Å². The summed E-state index contributed by atoms with van der Waals surface area (Å²) >= 11 is 0.936. The second-order valence-corrected chi connectivity index (χ2v) is 4.83. The minimum atomic E-state index is -4.46. The SMILES string of the molecule is CN(C(=N)N)c1nnc(-c2ccccc2C(F)(F)F)s1. The van der Waals surface area contributed by atoms with Gasteiger partial charge < -0.3 is 5.73 Å². The molecule has 0 saturated carbocycles. The maximum absolute atomic E-state index is 12.9. The summed E-state index contributed by atoms with van der Waals surface area (Å²) in [6.07, 6.45) is -4.46. The van der Waals surface area contributed by atoms with Crippen molar-refractivity contribution in [2.24, 2.45) is 5.73 Å². The zero-order valence-corrected chi connectivity index (χ0v) is 11.1. The highest BCUT2D eigenvalue weighted by molar-refractivity contribution is 7.18. The number of nitrogens with zero attached hydrogens (tertiary/aromatic N) is 3. The molecule has 0 bridgehead atoms. The van der Waals surface area contributed by atoms with Gasteiger partial charge in [-0.25, -0.2) is 0 Å². The number of benzene rings is 1. The summed E-state index contributed by atoms with van der Waals surface area (Å²) in [7, 11) is 1.49. The van der Waals surface area contributed by atoms with Gasteiger partial charge in [-0.15, -0.1) is 10.2 Å². The first kappa shape index (κ1) is 14.3. The van der Waals surface area contributed by atoms with E-state index in [0.717, 1.165) is 17.4 Å². The Balaban J connectivity index is 2.46. The molecule has 2 rings (SSSR count). The fourth-order valence-corrected chi connectivity index (χ4v) is 2.34. The van der Waals surface area contributed by atoms with Crippen molar-refractivity contribution in [2.75, 3.05) is 11.9 Å². The van der Waals surface area contributed by atoms with Crippen LogP contribution in [0.25, 0.3) is 10.6 Å². The van der Waals surface area contributed by atoms with Crippen LogP contribution in [-0.2, 0) is 6.18 Å². The van der Waals surface area contributed by atoms with Gasteiger partial charge in [0.25, 0.3) is 0 Å². The molecule has 1 heterocycles. The molecule has 3 N–H and O–H groups in total. The highest BCUT2D eigenvalue weighted by atomic mass is 32.1. The van der Waals surface area contributed by atoms with E-state index in [1.54, 1.807) is 0 Å². The molecular weight excluding hydrogens is 291 g/mol. The number of hydrogen-bond donors (Lipinski definition) is 2. The summed E-state index contributed by atoms with van der Waals surface area (Å²) in [4.78, 5) is 1.23. The predicted octanol–water partition coefficient (Wildman–Crippen LogP) is 2.55. The minimum Gasteiger partial charge on any atom is -0.370 e. The van der Waals surface area contributed by atoms with Crippen LogP contribution >= 0.6 is 11.3 Å². The lowest BCUT2D eigenvalue weighted by Crippen LogP contribution is -2.32. The molecule has 1 aromatic heterocycles. The molecule has 106 valence electrons. The Labute approximate surface area is 116 Å². The average Bonchev–Trinajstić information content (AvgIpc) is 2.86.